The van der Waals surface area contributed by atoms with Crippen LogP contribution in [0.25, 0.3) is 0 Å². The molecule has 0 aliphatic heterocycles. The minimum absolute atomic E-state index is 0. The quantitative estimate of drug-likeness (QED) is 0.162. The number of carbonyl (C=O) groups excluding carboxylic acids is 1. The smallest absolute Gasteiger partial charge is 3.00 e. The summed E-state index contributed by atoms with van der Waals surface area (Å²) in [4.78, 5) is 11.4. The van der Waals surface area contributed by atoms with Crippen LogP contribution in [-0.4, -0.2) is 23.2 Å². The largest absolute Gasteiger partial charge is 3.00 e. The van der Waals surface area contributed by atoms with Crippen molar-refractivity contribution in [3.05, 3.63) is 68.6 Å². The fraction of sp³-hybridized carbons (Fsp3) is 0.368. The Hall–Kier alpha value is -1.87. The summed E-state index contributed by atoms with van der Waals surface area (Å²) in [5.74, 6) is -0.168. The maximum Gasteiger partial charge on any atom is 3.00 e. The Labute approximate surface area is 166 Å². The zero-order valence-electron chi connectivity index (χ0n) is 15.2. The topological polar surface area (TPSA) is 109 Å². The number of hydrogen-bond donors (Lipinski definition) is 2. The number of unbranched alkanes of at least 4 members (excludes halogenated alkanes) is 1. The fourth-order valence-electron chi connectivity index (χ4n) is 1.16. The van der Waals surface area contributed by atoms with Gasteiger partial charge >= 0.3 is 51.0 Å². The maximum absolute atomic E-state index is 11.4. The van der Waals surface area contributed by atoms with E-state index < -0.39 is 5.60 Å². The first-order valence-corrected chi connectivity index (χ1v) is 7.18. The molecule has 0 saturated carbocycles. The van der Waals surface area contributed by atoms with Crippen molar-refractivity contribution in [2.45, 2.75) is 39.2 Å². The second kappa shape index (κ2) is 31.0. The van der Waals surface area contributed by atoms with E-state index in [2.05, 4.69) is 31.3 Å². The Kier molecular flexibility index (Phi) is 42.0. The van der Waals surface area contributed by atoms with Gasteiger partial charge in [-0.1, -0.05) is 42.5 Å². The molecule has 1 amide bonds. The summed E-state index contributed by atoms with van der Waals surface area (Å²) >= 11 is 0. The van der Waals surface area contributed by atoms with Gasteiger partial charge in [0.15, 0.2) is 0 Å². The predicted molar refractivity (Wildman–Crippen MR) is 92.6 cm³/mol. The molecule has 0 fully saturated rings. The molecule has 0 aromatic carbocycles. The second-order valence-corrected chi connectivity index (χ2v) is 4.85. The van der Waals surface area contributed by atoms with E-state index in [9.17, 15) is 9.90 Å². The van der Waals surface area contributed by atoms with Gasteiger partial charge in [-0.2, -0.15) is 0 Å². The zero-order valence-corrected chi connectivity index (χ0v) is 16.3. The summed E-state index contributed by atoms with van der Waals surface area (Å²) in [6.07, 6.45) is 17.0. The molecule has 0 bridgehead atoms. The predicted octanol–water partition coefficient (Wildman–Crippen LogP) is 2.78. The fourth-order valence-corrected chi connectivity index (χ4v) is 1.16. The molecule has 7 heteroatoms. The molecule has 0 unspecified atom stereocenters. The summed E-state index contributed by atoms with van der Waals surface area (Å²) < 4.78 is 22.5. The van der Waals surface area contributed by atoms with Crippen LogP contribution < -0.4 is 5.32 Å². The number of carbonyl (C=O) groups is 1. The zero-order chi connectivity index (χ0) is 20.6. The van der Waals surface area contributed by atoms with E-state index in [-0.39, 0.29) is 29.5 Å². The third-order valence-electron chi connectivity index (χ3n) is 2.13. The molecule has 141 valence electrons. The van der Waals surface area contributed by atoms with E-state index in [1.807, 2.05) is 43.4 Å². The molecule has 2 N–H and O–H groups in total. The van der Waals surface area contributed by atoms with E-state index in [0.29, 0.717) is 0 Å². The van der Waals surface area contributed by atoms with Crippen LogP contribution >= 0.6 is 0 Å². The number of aliphatic hydroxyl groups is 1. The Morgan fingerprint density at radius 2 is 1.42 bits per heavy atom. The van der Waals surface area contributed by atoms with Gasteiger partial charge in [0.25, 0.3) is 0 Å². The van der Waals surface area contributed by atoms with Gasteiger partial charge < -0.3 is 10.4 Å². The van der Waals surface area contributed by atoms with Crippen LogP contribution in [0, 0.1) is 20.0 Å². The number of allylic oxidation sites excluding steroid dienone is 7. The van der Waals surface area contributed by atoms with E-state index in [0.717, 1.165) is 12.8 Å². The van der Waals surface area contributed by atoms with Gasteiger partial charge in [0.05, 0.1) is 5.60 Å². The van der Waals surface area contributed by atoms with Crippen LogP contribution in [0.3, 0.4) is 0 Å². The van der Waals surface area contributed by atoms with Crippen LogP contribution in [0.4, 0.5) is 0 Å². The molecule has 0 saturated heterocycles. The van der Waals surface area contributed by atoms with E-state index in [4.69, 9.17) is 14.0 Å². The SMILES string of the molecule is C/C=C/C=C/C=C\CC/C=C/C(=O)NCC(C)(C)O.[C-]#[O+].[C-]#[O+].[C-]#[O+].[Fe+3]. The number of hydrogen-bond acceptors (Lipinski definition) is 2. The molecule has 0 rings (SSSR count). The Morgan fingerprint density at radius 3 is 1.88 bits per heavy atom. The van der Waals surface area contributed by atoms with Crippen LogP contribution in [0.15, 0.2) is 48.6 Å². The van der Waals surface area contributed by atoms with Gasteiger partial charge in [-0.25, -0.2) is 0 Å². The number of rotatable bonds is 8. The molecule has 0 aliphatic rings. The number of nitrogens with one attached hydrogen (secondary N) is 1. The first-order chi connectivity index (χ1) is 12.0. The summed E-state index contributed by atoms with van der Waals surface area (Å²) in [6, 6.07) is 0. The standard InChI is InChI=1S/C16H25NO2.3CO.Fe/c1-4-5-6-7-8-9-10-11-12-13-15(18)17-14-16(2,3)19;3*1-2;/h4-9,12-13,19H,10-11,14H2,1-3H3,(H,17,18);;;;/q;;;;+3/b5-4+,7-6+,9-8-,13-12+;;;;. The third kappa shape index (κ3) is 43.2. The van der Waals surface area contributed by atoms with Crippen LogP contribution in [0.1, 0.15) is 33.6 Å². The van der Waals surface area contributed by atoms with Crippen molar-refractivity contribution in [3.8, 4) is 0 Å². The summed E-state index contributed by atoms with van der Waals surface area (Å²) in [6.45, 7) is 19.0. The summed E-state index contributed by atoms with van der Waals surface area (Å²) in [7, 11) is 0. The first-order valence-electron chi connectivity index (χ1n) is 7.18. The van der Waals surface area contributed by atoms with Gasteiger partial charge in [-0.3, -0.25) is 4.79 Å². The second-order valence-electron chi connectivity index (χ2n) is 4.85. The first kappa shape index (κ1) is 35.3. The normalized spacial score (nSPS) is 9.92. The Bertz CT molecular complexity index is 466. The molecular formula is C19H25FeNO5+3. The Morgan fingerprint density at radius 1 is 0.962 bits per heavy atom. The molecule has 0 atom stereocenters. The summed E-state index contributed by atoms with van der Waals surface area (Å²) in [5.41, 5.74) is -0.870. The van der Waals surface area contributed by atoms with Gasteiger partial charge in [-0.05, 0) is 39.7 Å². The summed E-state index contributed by atoms with van der Waals surface area (Å²) in [5, 5.41) is 12.1. The van der Waals surface area contributed by atoms with Crippen molar-refractivity contribution >= 4 is 5.91 Å². The van der Waals surface area contributed by atoms with Gasteiger partial charge in [0, 0.05) is 6.54 Å². The number of amides is 1. The van der Waals surface area contributed by atoms with E-state index in [1.165, 1.54) is 6.08 Å². The molecule has 0 aliphatic carbocycles. The van der Waals surface area contributed by atoms with E-state index in [1.54, 1.807) is 13.8 Å². The minimum Gasteiger partial charge on any atom is 3.00 e. The molecule has 6 nitrogen and oxygen atoms in total. The van der Waals surface area contributed by atoms with Crippen molar-refractivity contribution in [1.29, 1.82) is 0 Å². The molecule has 1 radical (unpaired) electrons. The average molecular weight is 403 g/mol. The Balaban J connectivity index is -0.000000189. The van der Waals surface area contributed by atoms with Crippen molar-refractivity contribution in [3.63, 3.8) is 0 Å². The van der Waals surface area contributed by atoms with Crippen molar-refractivity contribution in [2.24, 2.45) is 0 Å². The molecule has 0 spiro atoms. The molecule has 0 aromatic rings. The molecular weight excluding hydrogens is 378 g/mol. The van der Waals surface area contributed by atoms with Crippen LogP contribution in [-0.2, 0) is 35.8 Å². The molecule has 0 aromatic heterocycles. The molecule has 26 heavy (non-hydrogen) atoms. The van der Waals surface area contributed by atoms with Crippen molar-refractivity contribution in [1.82, 2.24) is 5.32 Å². The molecule has 0 heterocycles. The third-order valence-corrected chi connectivity index (χ3v) is 2.13. The van der Waals surface area contributed by atoms with Crippen LogP contribution in [0.2, 0.25) is 0 Å². The van der Waals surface area contributed by atoms with Crippen LogP contribution in [0.5, 0.6) is 0 Å². The van der Waals surface area contributed by atoms with Gasteiger partial charge in [0.2, 0.25) is 5.91 Å². The van der Waals surface area contributed by atoms with E-state index >= 15 is 0 Å². The monoisotopic (exact) mass is 403 g/mol. The van der Waals surface area contributed by atoms with Crippen molar-refractivity contribution in [2.75, 3.05) is 6.54 Å². The van der Waals surface area contributed by atoms with Crippen molar-refractivity contribution < 1.29 is 40.9 Å². The average Bonchev–Trinajstić information content (AvgIpc) is 2.63. The van der Waals surface area contributed by atoms with Gasteiger partial charge in [0.1, 0.15) is 0 Å². The van der Waals surface area contributed by atoms with Gasteiger partial charge in [-0.15, -0.1) is 0 Å². The minimum atomic E-state index is -0.870. The maximum atomic E-state index is 11.4.